The summed E-state index contributed by atoms with van der Waals surface area (Å²) in [6.45, 7) is 5.58. The molecule has 4 atom stereocenters. The van der Waals surface area contributed by atoms with Gasteiger partial charge in [0.2, 0.25) is 0 Å². The smallest absolute Gasteiger partial charge is 0.296 e. The second kappa shape index (κ2) is 7.65. The lowest BCUT2D eigenvalue weighted by atomic mass is 10.0. The first kappa shape index (κ1) is 19.3. The number of nitrogens with zero attached hydrogens (tertiary/aromatic N) is 3. The van der Waals surface area contributed by atoms with E-state index in [1.165, 1.54) is 18.5 Å². The number of fused-ring (bicyclic) bond motifs is 2. The third kappa shape index (κ3) is 3.45. The monoisotopic (exact) mass is 440 g/mol. The van der Waals surface area contributed by atoms with Gasteiger partial charge in [0.15, 0.2) is 11.8 Å². The second-order valence-electron chi connectivity index (χ2n) is 8.70. The van der Waals surface area contributed by atoms with Crippen LogP contribution in [0.1, 0.15) is 19.8 Å². The maximum Gasteiger partial charge on any atom is 0.296 e. The van der Waals surface area contributed by atoms with Crippen LogP contribution in [0.25, 0.3) is 22.4 Å². The molecule has 3 fully saturated rings. The van der Waals surface area contributed by atoms with Gasteiger partial charge in [-0.15, -0.1) is 0 Å². The van der Waals surface area contributed by atoms with E-state index in [0.29, 0.717) is 35.8 Å². The van der Waals surface area contributed by atoms with Gasteiger partial charge in [-0.2, -0.15) is 4.98 Å². The number of aromatic nitrogens is 3. The van der Waals surface area contributed by atoms with Crippen molar-refractivity contribution >= 4 is 28.5 Å². The number of nitrogens with one attached hydrogen (secondary N) is 1. The van der Waals surface area contributed by atoms with Crippen LogP contribution in [0.5, 0.6) is 6.01 Å². The molecule has 6 rings (SSSR count). The van der Waals surface area contributed by atoms with Gasteiger partial charge in [0.05, 0.1) is 35.6 Å². The van der Waals surface area contributed by atoms with Crippen LogP contribution in [0.4, 0.5) is 5.69 Å². The van der Waals surface area contributed by atoms with Crippen LogP contribution in [-0.2, 0) is 9.47 Å². The van der Waals surface area contributed by atoms with E-state index in [4.69, 9.17) is 30.8 Å². The summed E-state index contributed by atoms with van der Waals surface area (Å²) in [7, 11) is 0. The Kier molecular flexibility index (Phi) is 4.78. The molecule has 31 heavy (non-hydrogen) atoms. The summed E-state index contributed by atoms with van der Waals surface area (Å²) in [5.41, 5.74) is 4.26. The highest BCUT2D eigenvalue weighted by atomic mass is 35.5. The van der Waals surface area contributed by atoms with Crippen molar-refractivity contribution in [3.8, 4) is 17.3 Å². The first-order valence-electron chi connectivity index (χ1n) is 11.0. The molecule has 0 aliphatic carbocycles. The lowest BCUT2D eigenvalue weighted by molar-refractivity contribution is 0.0262. The van der Waals surface area contributed by atoms with Crippen molar-refractivity contribution in [2.24, 2.45) is 5.92 Å². The largest absolute Gasteiger partial charge is 0.456 e. The minimum atomic E-state index is -0.177. The van der Waals surface area contributed by atoms with Gasteiger partial charge in [-0.05, 0) is 31.0 Å². The number of halogens is 1. The maximum atomic E-state index is 6.57. The van der Waals surface area contributed by atoms with Crippen molar-refractivity contribution in [3.05, 3.63) is 35.4 Å². The van der Waals surface area contributed by atoms with E-state index in [1.54, 1.807) is 0 Å². The zero-order valence-corrected chi connectivity index (χ0v) is 18.1. The fourth-order valence-electron chi connectivity index (χ4n) is 4.86. The van der Waals surface area contributed by atoms with Gasteiger partial charge in [0.25, 0.3) is 6.01 Å². The Labute approximate surface area is 185 Å². The van der Waals surface area contributed by atoms with E-state index in [2.05, 4.69) is 46.1 Å². The molecule has 7 nitrogen and oxygen atoms in total. The number of hydrogen-bond donors (Lipinski definition) is 1. The van der Waals surface area contributed by atoms with Crippen molar-refractivity contribution in [2.45, 2.75) is 38.1 Å². The van der Waals surface area contributed by atoms with Crippen LogP contribution >= 0.6 is 11.6 Å². The van der Waals surface area contributed by atoms with Gasteiger partial charge in [-0.1, -0.05) is 30.7 Å². The molecular formula is C23H25ClN4O3. The Hall–Kier alpha value is -2.35. The summed E-state index contributed by atoms with van der Waals surface area (Å²) in [5.74, 6) is 0.383. The quantitative estimate of drug-likeness (QED) is 0.659. The van der Waals surface area contributed by atoms with Crippen LogP contribution < -0.4 is 9.64 Å². The van der Waals surface area contributed by atoms with Gasteiger partial charge < -0.3 is 24.1 Å². The minimum Gasteiger partial charge on any atom is -0.456 e. The molecule has 3 aliphatic heterocycles. The van der Waals surface area contributed by atoms with E-state index >= 15 is 0 Å². The normalized spacial score (nSPS) is 27.9. The molecule has 0 saturated carbocycles. The Morgan fingerprint density at radius 2 is 1.84 bits per heavy atom. The molecule has 5 heterocycles. The molecule has 0 spiro atoms. The lowest BCUT2D eigenvalue weighted by Crippen LogP contribution is -2.33. The molecule has 0 unspecified atom stereocenters. The van der Waals surface area contributed by atoms with Crippen molar-refractivity contribution in [2.75, 3.05) is 31.2 Å². The standard InChI is InChI=1S/C23H25ClN4O3/c1-13-11-29-21-18(12-30-20(13)21)31-23-25-17-10-16(24)19(26-22(17)27-23)14-4-6-15(7-5-14)28-8-2-3-9-28/h4-7,10,13,18,20-21H,2-3,8-9,11-12H2,1H3,(H,25,26,27)/t13-,18-,20-,21-/m1/s1. The molecule has 0 radical (unpaired) electrons. The summed E-state index contributed by atoms with van der Waals surface area (Å²) < 4.78 is 17.8. The predicted molar refractivity (Wildman–Crippen MR) is 119 cm³/mol. The summed E-state index contributed by atoms with van der Waals surface area (Å²) in [5, 5.41) is 0.578. The van der Waals surface area contributed by atoms with Crippen LogP contribution in [0.2, 0.25) is 5.02 Å². The third-order valence-electron chi connectivity index (χ3n) is 6.54. The zero-order valence-electron chi connectivity index (χ0n) is 17.4. The summed E-state index contributed by atoms with van der Waals surface area (Å²) in [4.78, 5) is 14.9. The summed E-state index contributed by atoms with van der Waals surface area (Å²) in [6, 6.07) is 10.7. The van der Waals surface area contributed by atoms with Crippen molar-refractivity contribution in [1.82, 2.24) is 15.0 Å². The van der Waals surface area contributed by atoms with Crippen molar-refractivity contribution < 1.29 is 14.2 Å². The van der Waals surface area contributed by atoms with E-state index in [0.717, 1.165) is 29.9 Å². The number of benzene rings is 1. The number of hydrogen-bond acceptors (Lipinski definition) is 6. The summed E-state index contributed by atoms with van der Waals surface area (Å²) >= 11 is 6.57. The molecular weight excluding hydrogens is 416 g/mol. The van der Waals surface area contributed by atoms with Crippen LogP contribution in [-0.4, -0.2) is 59.6 Å². The van der Waals surface area contributed by atoms with Crippen molar-refractivity contribution in [3.63, 3.8) is 0 Å². The Balaban J connectivity index is 1.24. The molecule has 0 amide bonds. The number of ether oxygens (including phenoxy) is 3. The second-order valence-corrected chi connectivity index (χ2v) is 9.11. The maximum absolute atomic E-state index is 6.57. The van der Waals surface area contributed by atoms with E-state index in [-0.39, 0.29) is 18.3 Å². The SMILES string of the molecule is C[C@@H]1CO[C@H]2[C@@H]1OC[C@H]2Oc1nc2nc(-c3ccc(N4CCCC4)cc3)c(Cl)cc2[nH]1. The first-order chi connectivity index (χ1) is 15.2. The molecule has 162 valence electrons. The number of imidazole rings is 1. The summed E-state index contributed by atoms with van der Waals surface area (Å²) in [6.07, 6.45) is 2.38. The lowest BCUT2D eigenvalue weighted by Gasteiger charge is -2.17. The highest BCUT2D eigenvalue weighted by Crippen LogP contribution is 2.34. The van der Waals surface area contributed by atoms with Gasteiger partial charge in [-0.3, -0.25) is 0 Å². The molecule has 1 aromatic carbocycles. The fraction of sp³-hybridized carbons (Fsp3) is 0.478. The first-order valence-corrected chi connectivity index (χ1v) is 11.3. The van der Waals surface area contributed by atoms with E-state index < -0.39 is 0 Å². The number of H-pyrrole nitrogens is 1. The van der Waals surface area contributed by atoms with Gasteiger partial charge in [0.1, 0.15) is 6.10 Å². The Morgan fingerprint density at radius 3 is 2.65 bits per heavy atom. The molecule has 3 aromatic rings. The van der Waals surface area contributed by atoms with Crippen LogP contribution in [0.15, 0.2) is 30.3 Å². The highest BCUT2D eigenvalue weighted by Gasteiger charge is 2.47. The van der Waals surface area contributed by atoms with Gasteiger partial charge in [0, 0.05) is 30.3 Å². The number of pyridine rings is 1. The molecule has 2 aromatic heterocycles. The van der Waals surface area contributed by atoms with Gasteiger partial charge >= 0.3 is 0 Å². The molecule has 0 bridgehead atoms. The zero-order chi connectivity index (χ0) is 20.9. The minimum absolute atomic E-state index is 0.0514. The molecule has 3 saturated heterocycles. The van der Waals surface area contributed by atoms with E-state index in [1.807, 2.05) is 6.07 Å². The average molecular weight is 441 g/mol. The molecule has 8 heteroatoms. The number of anilines is 1. The van der Waals surface area contributed by atoms with Crippen molar-refractivity contribution in [1.29, 1.82) is 0 Å². The third-order valence-corrected chi connectivity index (χ3v) is 6.82. The molecule has 3 aliphatic rings. The van der Waals surface area contributed by atoms with Crippen LogP contribution in [0, 0.1) is 5.92 Å². The number of rotatable bonds is 4. The Morgan fingerprint density at radius 1 is 1.06 bits per heavy atom. The highest BCUT2D eigenvalue weighted by molar-refractivity contribution is 6.33. The van der Waals surface area contributed by atoms with Gasteiger partial charge in [-0.25, -0.2) is 4.98 Å². The predicted octanol–water partition coefficient (Wildman–Crippen LogP) is 4.06. The van der Waals surface area contributed by atoms with E-state index in [9.17, 15) is 0 Å². The number of aromatic amines is 1. The van der Waals surface area contributed by atoms with Crippen LogP contribution in [0.3, 0.4) is 0 Å². The fourth-order valence-corrected chi connectivity index (χ4v) is 5.12. The molecule has 1 N–H and O–H groups in total. The average Bonchev–Trinajstić information content (AvgIpc) is 3.55. The Bertz CT molecular complexity index is 1100. The topological polar surface area (TPSA) is 72.5 Å².